The predicted molar refractivity (Wildman–Crippen MR) is 67.6 cm³/mol. The lowest BCUT2D eigenvalue weighted by molar-refractivity contribution is -0.117. The fraction of sp³-hybridized carbons (Fsp3) is 0.231. The van der Waals surface area contributed by atoms with Gasteiger partial charge in [-0.15, -0.1) is 0 Å². The molecule has 0 bridgehead atoms. The highest BCUT2D eigenvalue weighted by molar-refractivity contribution is 5.90. The van der Waals surface area contributed by atoms with Crippen LogP contribution in [0.3, 0.4) is 0 Å². The van der Waals surface area contributed by atoms with Gasteiger partial charge in [0.15, 0.2) is 0 Å². The van der Waals surface area contributed by atoms with Crippen molar-refractivity contribution in [2.45, 2.75) is 13.5 Å². The number of carbonyl (C=O) groups is 2. The molecule has 0 spiro atoms. The van der Waals surface area contributed by atoms with E-state index in [1.807, 2.05) is 24.3 Å². The second-order valence-corrected chi connectivity index (χ2v) is 3.67. The average Bonchev–Trinajstić information content (AvgIpc) is 2.35. The molecule has 0 aliphatic rings. The summed E-state index contributed by atoms with van der Waals surface area (Å²) in [6, 6.07) is 7.43. The Morgan fingerprint density at radius 2 is 1.94 bits per heavy atom. The highest BCUT2D eigenvalue weighted by Gasteiger charge is 2.04. The number of hydrogen-bond acceptors (Lipinski definition) is 2. The van der Waals surface area contributed by atoms with Crippen LogP contribution in [0, 0.1) is 0 Å². The molecular weight excluding hydrogens is 216 g/mol. The Hall–Kier alpha value is -2.10. The van der Waals surface area contributed by atoms with Gasteiger partial charge in [-0.3, -0.25) is 9.59 Å². The van der Waals surface area contributed by atoms with Crippen molar-refractivity contribution < 1.29 is 9.59 Å². The largest absolute Gasteiger partial charge is 0.348 e. The van der Waals surface area contributed by atoms with Gasteiger partial charge in [0.25, 0.3) is 0 Å². The lowest BCUT2D eigenvalue weighted by Crippen LogP contribution is -2.23. The van der Waals surface area contributed by atoms with E-state index in [9.17, 15) is 9.59 Å². The molecule has 1 rings (SSSR count). The van der Waals surface area contributed by atoms with Crippen molar-refractivity contribution in [1.29, 1.82) is 0 Å². The maximum absolute atomic E-state index is 11.1. The van der Waals surface area contributed by atoms with Crippen LogP contribution in [-0.2, 0) is 16.1 Å². The van der Waals surface area contributed by atoms with Gasteiger partial charge < -0.3 is 10.2 Å². The Kier molecular flexibility index (Phi) is 4.46. The number of amides is 2. The van der Waals surface area contributed by atoms with Gasteiger partial charge in [-0.1, -0.05) is 18.7 Å². The quantitative estimate of drug-likeness (QED) is 0.799. The summed E-state index contributed by atoms with van der Waals surface area (Å²) in [5.74, 6) is -0.215. The summed E-state index contributed by atoms with van der Waals surface area (Å²) in [6.07, 6.45) is 1.23. The number of hydrogen-bond donors (Lipinski definition) is 1. The van der Waals surface area contributed by atoms with Crippen molar-refractivity contribution in [3.8, 4) is 0 Å². The molecule has 1 N–H and O–H groups in total. The van der Waals surface area contributed by atoms with Crippen molar-refractivity contribution in [2.24, 2.45) is 0 Å². The fourth-order valence-electron chi connectivity index (χ4n) is 1.28. The first-order valence-electron chi connectivity index (χ1n) is 5.28. The molecule has 2 amide bonds. The second-order valence-electron chi connectivity index (χ2n) is 3.67. The van der Waals surface area contributed by atoms with Crippen molar-refractivity contribution in [1.82, 2.24) is 5.32 Å². The molecule has 0 fully saturated rings. The minimum Gasteiger partial charge on any atom is -0.348 e. The molecule has 0 aliphatic heterocycles. The average molecular weight is 232 g/mol. The summed E-state index contributed by atoms with van der Waals surface area (Å²) in [5, 5.41) is 2.68. The van der Waals surface area contributed by atoms with E-state index >= 15 is 0 Å². The van der Waals surface area contributed by atoms with E-state index in [0.29, 0.717) is 6.54 Å². The van der Waals surface area contributed by atoms with Crippen LogP contribution in [-0.4, -0.2) is 18.9 Å². The van der Waals surface area contributed by atoms with Gasteiger partial charge in [-0.25, -0.2) is 0 Å². The van der Waals surface area contributed by atoms with Crippen LogP contribution in [0.4, 0.5) is 5.69 Å². The smallest absolute Gasteiger partial charge is 0.243 e. The minimum atomic E-state index is -0.199. The summed E-state index contributed by atoms with van der Waals surface area (Å²) < 4.78 is 0. The van der Waals surface area contributed by atoms with Crippen LogP contribution < -0.4 is 10.2 Å². The van der Waals surface area contributed by atoms with E-state index in [0.717, 1.165) is 11.3 Å². The summed E-state index contributed by atoms with van der Waals surface area (Å²) in [6.45, 7) is 5.34. The highest BCUT2D eigenvalue weighted by Crippen LogP contribution is 2.13. The molecule has 1 aromatic rings. The maximum atomic E-state index is 11.1. The lowest BCUT2D eigenvalue weighted by atomic mass is 10.2. The number of anilines is 1. The van der Waals surface area contributed by atoms with Gasteiger partial charge in [-0.2, -0.15) is 0 Å². The van der Waals surface area contributed by atoms with Gasteiger partial charge in [0, 0.05) is 26.2 Å². The molecule has 0 heterocycles. The van der Waals surface area contributed by atoms with Crippen LogP contribution in [0.1, 0.15) is 12.5 Å². The number of rotatable bonds is 4. The predicted octanol–water partition coefficient (Wildman–Crippen LogP) is 1.47. The molecule has 17 heavy (non-hydrogen) atoms. The van der Waals surface area contributed by atoms with Gasteiger partial charge in [-0.05, 0) is 23.8 Å². The van der Waals surface area contributed by atoms with Crippen LogP contribution in [0.25, 0.3) is 0 Å². The topological polar surface area (TPSA) is 49.4 Å². The third-order valence-corrected chi connectivity index (χ3v) is 2.45. The molecule has 0 unspecified atom stereocenters. The normalized spacial score (nSPS) is 9.53. The Bertz CT molecular complexity index is 424. The van der Waals surface area contributed by atoms with Crippen molar-refractivity contribution in [2.75, 3.05) is 11.9 Å². The second kappa shape index (κ2) is 5.84. The molecule has 4 nitrogen and oxygen atoms in total. The standard InChI is InChI=1S/C13H16N2O2/c1-4-13(17)14-9-11-5-7-12(8-6-11)15(3)10(2)16/h4-8H,1,9H2,2-3H3,(H,14,17). The van der Waals surface area contributed by atoms with Crippen LogP contribution >= 0.6 is 0 Å². The van der Waals surface area contributed by atoms with E-state index in [1.165, 1.54) is 13.0 Å². The zero-order chi connectivity index (χ0) is 12.8. The third kappa shape index (κ3) is 3.75. The summed E-state index contributed by atoms with van der Waals surface area (Å²) in [7, 11) is 1.72. The van der Waals surface area contributed by atoms with Gasteiger partial charge >= 0.3 is 0 Å². The zero-order valence-corrected chi connectivity index (χ0v) is 10.1. The van der Waals surface area contributed by atoms with Gasteiger partial charge in [0.2, 0.25) is 11.8 Å². The molecule has 0 aliphatic carbocycles. The maximum Gasteiger partial charge on any atom is 0.243 e. The van der Waals surface area contributed by atoms with E-state index in [4.69, 9.17) is 0 Å². The molecular formula is C13H16N2O2. The van der Waals surface area contributed by atoms with E-state index < -0.39 is 0 Å². The van der Waals surface area contributed by atoms with Gasteiger partial charge in [0.1, 0.15) is 0 Å². The van der Waals surface area contributed by atoms with Crippen LogP contribution in [0.5, 0.6) is 0 Å². The Morgan fingerprint density at radius 1 is 1.35 bits per heavy atom. The van der Waals surface area contributed by atoms with E-state index in [1.54, 1.807) is 11.9 Å². The molecule has 0 saturated heterocycles. The zero-order valence-electron chi connectivity index (χ0n) is 10.1. The first kappa shape index (κ1) is 13.0. The molecule has 4 heteroatoms. The Labute approximate surface area is 101 Å². The monoisotopic (exact) mass is 232 g/mol. The molecule has 90 valence electrons. The van der Waals surface area contributed by atoms with Crippen LogP contribution in [0.2, 0.25) is 0 Å². The molecule has 0 atom stereocenters. The Morgan fingerprint density at radius 3 is 2.41 bits per heavy atom. The SMILES string of the molecule is C=CC(=O)NCc1ccc(N(C)C(C)=O)cc1. The number of nitrogens with zero attached hydrogens (tertiary/aromatic N) is 1. The molecule has 0 saturated carbocycles. The third-order valence-electron chi connectivity index (χ3n) is 2.45. The molecule has 0 radical (unpaired) electrons. The molecule has 0 aromatic heterocycles. The van der Waals surface area contributed by atoms with Crippen molar-refractivity contribution >= 4 is 17.5 Å². The Balaban J connectivity index is 2.65. The van der Waals surface area contributed by atoms with E-state index in [-0.39, 0.29) is 11.8 Å². The summed E-state index contributed by atoms with van der Waals surface area (Å²) in [5.41, 5.74) is 1.80. The van der Waals surface area contributed by atoms with Crippen LogP contribution in [0.15, 0.2) is 36.9 Å². The van der Waals surface area contributed by atoms with Gasteiger partial charge in [0.05, 0.1) is 0 Å². The number of nitrogens with one attached hydrogen (secondary N) is 1. The lowest BCUT2D eigenvalue weighted by Gasteiger charge is -2.15. The first-order chi connectivity index (χ1) is 8.04. The molecule has 1 aromatic carbocycles. The fourth-order valence-corrected chi connectivity index (χ4v) is 1.28. The summed E-state index contributed by atoms with van der Waals surface area (Å²) >= 11 is 0. The first-order valence-corrected chi connectivity index (χ1v) is 5.28. The van der Waals surface area contributed by atoms with Crippen molar-refractivity contribution in [3.05, 3.63) is 42.5 Å². The highest BCUT2D eigenvalue weighted by atomic mass is 16.2. The van der Waals surface area contributed by atoms with Crippen molar-refractivity contribution in [3.63, 3.8) is 0 Å². The number of carbonyl (C=O) groups excluding carboxylic acids is 2. The van der Waals surface area contributed by atoms with E-state index in [2.05, 4.69) is 11.9 Å². The summed E-state index contributed by atoms with van der Waals surface area (Å²) in [4.78, 5) is 23.7. The minimum absolute atomic E-state index is 0.0160. The number of benzene rings is 1.